The molecule has 0 amide bonds. The summed E-state index contributed by atoms with van der Waals surface area (Å²) in [7, 11) is 0. The Morgan fingerprint density at radius 1 is 0.262 bits per heavy atom. The van der Waals surface area contributed by atoms with Gasteiger partial charge in [0.2, 0.25) is 0 Å². The van der Waals surface area contributed by atoms with Crippen LogP contribution < -0.4 is 4.90 Å². The van der Waals surface area contributed by atoms with Crippen LogP contribution in [0.5, 0.6) is 0 Å². The third kappa shape index (κ3) is 5.25. The highest BCUT2D eigenvalue weighted by Crippen LogP contribution is 2.59. The zero-order chi connectivity index (χ0) is 43.1. The van der Waals surface area contributed by atoms with E-state index >= 15 is 0 Å². The molecule has 1 nitrogen and oxygen atoms in total. The lowest BCUT2D eigenvalue weighted by atomic mass is 9.54. The van der Waals surface area contributed by atoms with Gasteiger partial charge in [-0.15, -0.1) is 0 Å². The Morgan fingerprint density at radius 3 is 1.03 bits per heavy atom. The summed E-state index contributed by atoms with van der Waals surface area (Å²) in [5.41, 5.74) is 22.0. The number of benzene rings is 7. The van der Waals surface area contributed by atoms with Gasteiger partial charge in [0.25, 0.3) is 0 Å². The summed E-state index contributed by atoms with van der Waals surface area (Å²) in [5, 5.41) is 0. The van der Waals surface area contributed by atoms with Crippen molar-refractivity contribution in [2.75, 3.05) is 4.90 Å². The largest absolute Gasteiger partial charge is 0.310 e. The molecule has 1 heteroatoms. The van der Waals surface area contributed by atoms with E-state index in [2.05, 4.69) is 240 Å². The van der Waals surface area contributed by atoms with Gasteiger partial charge in [-0.05, 0) is 141 Å². The first-order valence-electron chi connectivity index (χ1n) is 22.4. The van der Waals surface area contributed by atoms with Crippen LogP contribution in [0.2, 0.25) is 0 Å². The van der Waals surface area contributed by atoms with Gasteiger partial charge >= 0.3 is 0 Å². The van der Waals surface area contributed by atoms with E-state index in [-0.39, 0.29) is 32.5 Å². The molecule has 0 radical (unpaired) electrons. The maximum atomic E-state index is 2.54. The van der Waals surface area contributed by atoms with E-state index in [1.54, 1.807) is 0 Å². The number of nitrogens with zero attached hydrogens (tertiary/aromatic N) is 1. The van der Waals surface area contributed by atoms with E-state index in [1.165, 1.54) is 89.3 Å². The molecule has 0 N–H and O–H groups in total. The molecule has 0 heterocycles. The van der Waals surface area contributed by atoms with E-state index in [4.69, 9.17) is 0 Å². The molecule has 306 valence electrons. The quantitative estimate of drug-likeness (QED) is 0.172. The molecule has 7 aromatic rings. The zero-order valence-electron chi connectivity index (χ0n) is 38.4. The first kappa shape index (κ1) is 39.5. The molecule has 61 heavy (non-hydrogen) atoms. The van der Waals surface area contributed by atoms with Crippen LogP contribution in [-0.4, -0.2) is 0 Å². The van der Waals surface area contributed by atoms with E-state index < -0.39 is 0 Å². The van der Waals surface area contributed by atoms with Crippen molar-refractivity contribution in [2.24, 2.45) is 0 Å². The minimum atomic E-state index is -0.134. The molecule has 0 atom stereocenters. The lowest BCUT2D eigenvalue weighted by Gasteiger charge is -2.49. The van der Waals surface area contributed by atoms with Crippen LogP contribution in [-0.2, 0) is 32.5 Å². The highest BCUT2D eigenvalue weighted by molar-refractivity contribution is 5.91. The monoisotopic (exact) mass is 795 g/mol. The van der Waals surface area contributed by atoms with Gasteiger partial charge in [0, 0.05) is 22.5 Å². The average molecular weight is 796 g/mol. The van der Waals surface area contributed by atoms with Crippen LogP contribution >= 0.6 is 0 Å². The van der Waals surface area contributed by atoms with Crippen LogP contribution in [0.25, 0.3) is 44.5 Å². The van der Waals surface area contributed by atoms with Gasteiger partial charge in [-0.1, -0.05) is 198 Å². The standard InChI is InChI=1S/C60H61N/c1-55(2)49-27-18-16-23-43(49)46-35-39(29-32-51(46)57(55,5)6)61(40-30-33-52-47(36-40)44-24-17-19-28-50(44)56(3,4)58(52,7)8)41-31-34-53-48(37-41)45-26-20-25-42(38-21-14-13-15-22-38)54(45)60(11,12)59(53,9)10/h13-37H,1-12H3. The van der Waals surface area contributed by atoms with Crippen molar-refractivity contribution in [3.05, 3.63) is 185 Å². The van der Waals surface area contributed by atoms with Crippen LogP contribution in [0.3, 0.4) is 0 Å². The smallest absolute Gasteiger partial charge is 0.0468 e. The molecule has 0 bridgehead atoms. The Labute approximate surface area is 365 Å². The summed E-state index contributed by atoms with van der Waals surface area (Å²) in [4.78, 5) is 2.54. The van der Waals surface area contributed by atoms with Crippen molar-refractivity contribution in [3.8, 4) is 44.5 Å². The highest BCUT2D eigenvalue weighted by Gasteiger charge is 2.49. The molecule has 0 fully saturated rings. The third-order valence-corrected chi connectivity index (χ3v) is 17.3. The number of rotatable bonds is 4. The molecular formula is C60H61N. The Bertz CT molecular complexity index is 2790. The predicted octanol–water partition coefficient (Wildman–Crippen LogP) is 16.5. The summed E-state index contributed by atoms with van der Waals surface area (Å²) >= 11 is 0. The lowest BCUT2D eigenvalue weighted by Crippen LogP contribution is -2.44. The van der Waals surface area contributed by atoms with Gasteiger partial charge in [0.05, 0.1) is 0 Å². The zero-order valence-corrected chi connectivity index (χ0v) is 38.4. The topological polar surface area (TPSA) is 3.24 Å². The van der Waals surface area contributed by atoms with Crippen LogP contribution in [0.15, 0.2) is 152 Å². The lowest BCUT2D eigenvalue weighted by molar-refractivity contribution is 0.299. The van der Waals surface area contributed by atoms with Gasteiger partial charge < -0.3 is 4.90 Å². The van der Waals surface area contributed by atoms with E-state index in [0.717, 1.165) is 5.69 Å². The van der Waals surface area contributed by atoms with Crippen molar-refractivity contribution >= 4 is 17.1 Å². The average Bonchev–Trinajstić information content (AvgIpc) is 3.25. The van der Waals surface area contributed by atoms with Gasteiger partial charge in [0.15, 0.2) is 0 Å². The maximum absolute atomic E-state index is 2.54. The van der Waals surface area contributed by atoms with Crippen molar-refractivity contribution in [1.82, 2.24) is 0 Å². The third-order valence-electron chi connectivity index (χ3n) is 17.3. The fourth-order valence-corrected chi connectivity index (χ4v) is 11.6. The summed E-state index contributed by atoms with van der Waals surface area (Å²) in [6, 6.07) is 58.1. The van der Waals surface area contributed by atoms with E-state index in [9.17, 15) is 0 Å². The second-order valence-electron chi connectivity index (χ2n) is 21.5. The fourth-order valence-electron chi connectivity index (χ4n) is 11.6. The minimum absolute atomic E-state index is 0.0324. The Morgan fingerprint density at radius 2 is 0.590 bits per heavy atom. The summed E-state index contributed by atoms with van der Waals surface area (Å²) < 4.78 is 0. The Kier molecular flexibility index (Phi) is 8.37. The summed E-state index contributed by atoms with van der Waals surface area (Å²) in [6.07, 6.45) is 0. The molecule has 3 aliphatic carbocycles. The second-order valence-corrected chi connectivity index (χ2v) is 21.5. The number of hydrogen-bond acceptors (Lipinski definition) is 1. The molecule has 0 saturated heterocycles. The molecular weight excluding hydrogens is 735 g/mol. The van der Waals surface area contributed by atoms with E-state index in [1.807, 2.05) is 0 Å². The predicted molar refractivity (Wildman–Crippen MR) is 261 cm³/mol. The SMILES string of the molecule is CC1(C)c2ccccc2-c2cc(N(c3ccc4c(c3)-c3ccccc3C(C)(C)C4(C)C)c3ccc4c(c3)-c3cccc(-c5ccccc5)c3C(C)(C)C4(C)C)ccc2C1(C)C. The molecule has 0 spiro atoms. The molecule has 0 unspecified atom stereocenters. The van der Waals surface area contributed by atoms with Gasteiger partial charge in [-0.2, -0.15) is 0 Å². The highest BCUT2D eigenvalue weighted by atomic mass is 15.1. The van der Waals surface area contributed by atoms with Gasteiger partial charge in [-0.25, -0.2) is 0 Å². The van der Waals surface area contributed by atoms with Crippen molar-refractivity contribution in [3.63, 3.8) is 0 Å². The van der Waals surface area contributed by atoms with Crippen molar-refractivity contribution in [2.45, 2.75) is 116 Å². The Balaban J connectivity index is 1.24. The van der Waals surface area contributed by atoms with E-state index in [0.29, 0.717) is 0 Å². The second kappa shape index (κ2) is 12.9. The number of anilines is 3. The van der Waals surface area contributed by atoms with Crippen LogP contribution in [0, 0.1) is 0 Å². The fraction of sp³-hybridized carbons (Fsp3) is 0.300. The number of hydrogen-bond donors (Lipinski definition) is 0. The first-order valence-corrected chi connectivity index (χ1v) is 22.4. The molecule has 0 aromatic heterocycles. The normalized spacial score (nSPS) is 18.6. The Hall–Kier alpha value is -5.66. The molecule has 10 rings (SSSR count). The minimum Gasteiger partial charge on any atom is -0.310 e. The molecule has 7 aromatic carbocycles. The molecule has 0 aliphatic heterocycles. The van der Waals surface area contributed by atoms with Crippen molar-refractivity contribution < 1.29 is 0 Å². The van der Waals surface area contributed by atoms with Crippen LogP contribution in [0.4, 0.5) is 17.1 Å². The van der Waals surface area contributed by atoms with Gasteiger partial charge in [0.1, 0.15) is 0 Å². The molecule has 0 saturated carbocycles. The molecule has 3 aliphatic rings. The van der Waals surface area contributed by atoms with Crippen LogP contribution in [0.1, 0.15) is 116 Å². The van der Waals surface area contributed by atoms with Crippen molar-refractivity contribution in [1.29, 1.82) is 0 Å². The van der Waals surface area contributed by atoms with Gasteiger partial charge in [-0.3, -0.25) is 0 Å². The number of fused-ring (bicyclic) bond motifs is 9. The summed E-state index contributed by atoms with van der Waals surface area (Å²) in [6.45, 7) is 29.2. The summed E-state index contributed by atoms with van der Waals surface area (Å²) in [5.74, 6) is 0. The first-order chi connectivity index (χ1) is 28.8. The maximum Gasteiger partial charge on any atom is 0.0468 e.